The average Bonchev–Trinajstić information content (AvgIpc) is 2.71. The zero-order chi connectivity index (χ0) is 12.3. The molecule has 3 nitrogen and oxygen atoms in total. The summed E-state index contributed by atoms with van der Waals surface area (Å²) in [5.74, 6) is 3.53. The van der Waals surface area contributed by atoms with Crippen LogP contribution in [0, 0.1) is 18.8 Å². The van der Waals surface area contributed by atoms with Crippen LogP contribution in [0.1, 0.15) is 44.6 Å². The lowest BCUT2D eigenvalue weighted by atomic mass is 9.98. The first-order chi connectivity index (χ1) is 8.19. The molecule has 0 aliphatic heterocycles. The lowest BCUT2D eigenvalue weighted by Gasteiger charge is -2.16. The molecule has 0 amide bonds. The highest BCUT2D eigenvalue weighted by Crippen LogP contribution is 2.31. The number of hydrogen-bond acceptors (Lipinski definition) is 3. The molecule has 3 heteroatoms. The van der Waals surface area contributed by atoms with Gasteiger partial charge in [-0.25, -0.2) is 9.97 Å². The molecule has 0 aromatic carbocycles. The summed E-state index contributed by atoms with van der Waals surface area (Å²) in [5.41, 5.74) is 1.12. The van der Waals surface area contributed by atoms with Gasteiger partial charge in [0, 0.05) is 18.3 Å². The maximum absolute atomic E-state index is 4.45. The maximum atomic E-state index is 4.45. The molecule has 1 saturated carbocycles. The van der Waals surface area contributed by atoms with Gasteiger partial charge in [-0.3, -0.25) is 0 Å². The van der Waals surface area contributed by atoms with Crippen LogP contribution in [0.25, 0.3) is 0 Å². The van der Waals surface area contributed by atoms with E-state index in [1.165, 1.54) is 19.3 Å². The van der Waals surface area contributed by atoms with E-state index in [1.807, 2.05) is 6.92 Å². The van der Waals surface area contributed by atoms with Gasteiger partial charge in [0.1, 0.15) is 11.6 Å². The highest BCUT2D eigenvalue weighted by atomic mass is 15.0. The standard InChI is InChI=1S/C14H23N3/c1-4-13-8-14(17-11(3)16-13)15-9-12-7-5-6-10(12)2/h8,10,12H,4-7,9H2,1-3H3,(H,15,16,17). The first-order valence-corrected chi connectivity index (χ1v) is 6.77. The zero-order valence-electron chi connectivity index (χ0n) is 11.2. The van der Waals surface area contributed by atoms with Gasteiger partial charge >= 0.3 is 0 Å². The molecule has 2 unspecified atom stereocenters. The minimum atomic E-state index is 0.815. The van der Waals surface area contributed by atoms with E-state index in [2.05, 4.69) is 35.2 Å². The molecule has 1 aliphatic rings. The second-order valence-electron chi connectivity index (χ2n) is 5.19. The topological polar surface area (TPSA) is 37.8 Å². The Balaban J connectivity index is 1.96. The number of rotatable bonds is 4. The number of hydrogen-bond donors (Lipinski definition) is 1. The van der Waals surface area contributed by atoms with E-state index in [4.69, 9.17) is 0 Å². The number of anilines is 1. The van der Waals surface area contributed by atoms with Crippen LogP contribution >= 0.6 is 0 Å². The second-order valence-corrected chi connectivity index (χ2v) is 5.19. The second kappa shape index (κ2) is 5.48. The van der Waals surface area contributed by atoms with Crippen molar-refractivity contribution in [1.29, 1.82) is 0 Å². The van der Waals surface area contributed by atoms with Crippen molar-refractivity contribution in [2.45, 2.75) is 46.5 Å². The lowest BCUT2D eigenvalue weighted by molar-refractivity contribution is 0.439. The van der Waals surface area contributed by atoms with Gasteiger partial charge in [-0.2, -0.15) is 0 Å². The van der Waals surface area contributed by atoms with Gasteiger partial charge in [0.15, 0.2) is 0 Å². The van der Waals surface area contributed by atoms with Crippen LogP contribution < -0.4 is 5.32 Å². The molecular weight excluding hydrogens is 210 g/mol. The van der Waals surface area contributed by atoms with Gasteiger partial charge in [-0.15, -0.1) is 0 Å². The predicted molar refractivity (Wildman–Crippen MR) is 71.1 cm³/mol. The summed E-state index contributed by atoms with van der Waals surface area (Å²) in [6.45, 7) is 7.51. The van der Waals surface area contributed by atoms with Gasteiger partial charge in [0.25, 0.3) is 0 Å². The highest BCUT2D eigenvalue weighted by molar-refractivity contribution is 5.36. The van der Waals surface area contributed by atoms with Crippen molar-refractivity contribution in [3.8, 4) is 0 Å². The Morgan fingerprint density at radius 3 is 2.82 bits per heavy atom. The summed E-state index contributed by atoms with van der Waals surface area (Å²) in [6.07, 6.45) is 5.10. The summed E-state index contributed by atoms with van der Waals surface area (Å²) >= 11 is 0. The molecule has 0 bridgehead atoms. The predicted octanol–water partition coefficient (Wildman–Crippen LogP) is 3.20. The lowest BCUT2D eigenvalue weighted by Crippen LogP contribution is -2.17. The van der Waals surface area contributed by atoms with E-state index < -0.39 is 0 Å². The Bertz CT molecular complexity index is 376. The van der Waals surface area contributed by atoms with Crippen LogP contribution in [0.3, 0.4) is 0 Å². The van der Waals surface area contributed by atoms with Gasteiger partial charge in [0.2, 0.25) is 0 Å². The third kappa shape index (κ3) is 3.18. The first-order valence-electron chi connectivity index (χ1n) is 6.77. The highest BCUT2D eigenvalue weighted by Gasteiger charge is 2.22. The van der Waals surface area contributed by atoms with E-state index >= 15 is 0 Å². The third-order valence-electron chi connectivity index (χ3n) is 3.84. The van der Waals surface area contributed by atoms with Gasteiger partial charge in [0.05, 0.1) is 0 Å². The quantitative estimate of drug-likeness (QED) is 0.868. The van der Waals surface area contributed by atoms with Crippen molar-refractivity contribution < 1.29 is 0 Å². The molecule has 0 saturated heterocycles. The number of aromatic nitrogens is 2. The number of nitrogens with one attached hydrogen (secondary N) is 1. The van der Waals surface area contributed by atoms with Gasteiger partial charge < -0.3 is 5.32 Å². The van der Waals surface area contributed by atoms with E-state index in [0.717, 1.165) is 42.1 Å². The van der Waals surface area contributed by atoms with Crippen LogP contribution in [0.2, 0.25) is 0 Å². The Kier molecular flexibility index (Phi) is 3.97. The Morgan fingerprint density at radius 2 is 2.18 bits per heavy atom. The van der Waals surface area contributed by atoms with Crippen LogP contribution in [0.15, 0.2) is 6.07 Å². The summed E-state index contributed by atoms with van der Waals surface area (Å²) in [5, 5.41) is 3.48. The summed E-state index contributed by atoms with van der Waals surface area (Å²) < 4.78 is 0. The molecule has 2 rings (SSSR count). The molecule has 1 aromatic heterocycles. The molecule has 2 atom stereocenters. The molecule has 1 N–H and O–H groups in total. The SMILES string of the molecule is CCc1cc(NCC2CCCC2C)nc(C)n1. The smallest absolute Gasteiger partial charge is 0.129 e. The van der Waals surface area contributed by atoms with Crippen LogP contribution in [0.5, 0.6) is 0 Å². The molecular formula is C14H23N3. The maximum Gasteiger partial charge on any atom is 0.129 e. The van der Waals surface area contributed by atoms with Gasteiger partial charge in [-0.1, -0.05) is 26.7 Å². The molecule has 1 fully saturated rings. The fourth-order valence-corrected chi connectivity index (χ4v) is 2.66. The Morgan fingerprint density at radius 1 is 1.35 bits per heavy atom. The van der Waals surface area contributed by atoms with Crippen molar-refractivity contribution >= 4 is 5.82 Å². The minimum Gasteiger partial charge on any atom is -0.370 e. The van der Waals surface area contributed by atoms with E-state index in [-0.39, 0.29) is 0 Å². The minimum absolute atomic E-state index is 0.815. The van der Waals surface area contributed by atoms with Crippen LogP contribution in [-0.2, 0) is 6.42 Å². The fourth-order valence-electron chi connectivity index (χ4n) is 2.66. The zero-order valence-corrected chi connectivity index (χ0v) is 11.2. The molecule has 1 aliphatic carbocycles. The summed E-state index contributed by atoms with van der Waals surface area (Å²) in [4.78, 5) is 8.84. The van der Waals surface area contributed by atoms with E-state index in [0.29, 0.717) is 0 Å². The molecule has 1 heterocycles. The molecule has 94 valence electrons. The van der Waals surface area contributed by atoms with Crippen molar-refractivity contribution in [1.82, 2.24) is 9.97 Å². The van der Waals surface area contributed by atoms with Crippen LogP contribution in [0.4, 0.5) is 5.82 Å². The normalized spacial score (nSPS) is 23.9. The largest absolute Gasteiger partial charge is 0.370 e. The number of aryl methyl sites for hydroxylation is 2. The molecule has 0 radical (unpaired) electrons. The van der Waals surface area contributed by atoms with Crippen molar-refractivity contribution in [2.24, 2.45) is 11.8 Å². The van der Waals surface area contributed by atoms with E-state index in [9.17, 15) is 0 Å². The average molecular weight is 233 g/mol. The Labute approximate surface area is 104 Å². The first kappa shape index (κ1) is 12.3. The van der Waals surface area contributed by atoms with Crippen molar-refractivity contribution in [3.05, 3.63) is 17.6 Å². The van der Waals surface area contributed by atoms with Gasteiger partial charge in [-0.05, 0) is 31.6 Å². The molecule has 17 heavy (non-hydrogen) atoms. The summed E-state index contributed by atoms with van der Waals surface area (Å²) in [6, 6.07) is 2.08. The monoisotopic (exact) mass is 233 g/mol. The van der Waals surface area contributed by atoms with Crippen molar-refractivity contribution in [2.75, 3.05) is 11.9 Å². The number of nitrogens with zero attached hydrogens (tertiary/aromatic N) is 2. The van der Waals surface area contributed by atoms with E-state index in [1.54, 1.807) is 0 Å². The Hall–Kier alpha value is -1.12. The van der Waals surface area contributed by atoms with Crippen LogP contribution in [-0.4, -0.2) is 16.5 Å². The van der Waals surface area contributed by atoms with Crippen molar-refractivity contribution in [3.63, 3.8) is 0 Å². The molecule has 1 aromatic rings. The fraction of sp³-hybridized carbons (Fsp3) is 0.714. The third-order valence-corrected chi connectivity index (χ3v) is 3.84. The molecule has 0 spiro atoms. The summed E-state index contributed by atoms with van der Waals surface area (Å²) in [7, 11) is 0.